The number of hydrogen-bond acceptors (Lipinski definition) is 5. The number of aryl methyl sites for hydroxylation is 1. The van der Waals surface area contributed by atoms with Crippen LogP contribution < -0.4 is 10.0 Å². The van der Waals surface area contributed by atoms with Gasteiger partial charge in [0.1, 0.15) is 5.82 Å². The van der Waals surface area contributed by atoms with Crippen molar-refractivity contribution in [3.05, 3.63) is 23.9 Å². The molecule has 0 spiro atoms. The number of rotatable bonds is 8. The molecule has 22 heavy (non-hydrogen) atoms. The second kappa shape index (κ2) is 7.89. The van der Waals surface area contributed by atoms with E-state index in [1.165, 1.54) is 18.2 Å². The van der Waals surface area contributed by atoms with E-state index >= 15 is 0 Å². The van der Waals surface area contributed by atoms with E-state index in [0.717, 1.165) is 38.4 Å². The van der Waals surface area contributed by atoms with Gasteiger partial charge in [0.25, 0.3) is 0 Å². The highest BCUT2D eigenvalue weighted by atomic mass is 32.2. The van der Waals surface area contributed by atoms with E-state index in [1.807, 2.05) is 19.2 Å². The van der Waals surface area contributed by atoms with Crippen molar-refractivity contribution >= 4 is 15.8 Å². The summed E-state index contributed by atoms with van der Waals surface area (Å²) in [5.41, 5.74) is 1.17. The maximum atomic E-state index is 11.0. The van der Waals surface area contributed by atoms with Gasteiger partial charge in [0.05, 0.1) is 6.26 Å². The van der Waals surface area contributed by atoms with Gasteiger partial charge in [-0.2, -0.15) is 0 Å². The molecule has 0 amide bonds. The first kappa shape index (κ1) is 17.2. The van der Waals surface area contributed by atoms with Crippen molar-refractivity contribution in [1.29, 1.82) is 0 Å². The SMILES string of the molecule is Cc1ccc(NC[C@H]2CCN(CCCNS(C)(=O)=O)C2)nc1. The maximum absolute atomic E-state index is 11.0. The molecule has 1 fully saturated rings. The number of nitrogens with one attached hydrogen (secondary N) is 2. The fourth-order valence-electron chi connectivity index (χ4n) is 2.66. The molecule has 0 saturated carbocycles. The third kappa shape index (κ3) is 6.29. The van der Waals surface area contributed by atoms with Gasteiger partial charge in [0, 0.05) is 25.8 Å². The van der Waals surface area contributed by atoms with E-state index in [2.05, 4.69) is 26.0 Å². The summed E-state index contributed by atoms with van der Waals surface area (Å²) in [7, 11) is -3.06. The first-order chi connectivity index (χ1) is 10.4. The number of hydrogen-bond donors (Lipinski definition) is 2. The van der Waals surface area contributed by atoms with Crippen molar-refractivity contribution in [3.63, 3.8) is 0 Å². The molecule has 0 aromatic carbocycles. The fraction of sp³-hybridized carbons (Fsp3) is 0.667. The van der Waals surface area contributed by atoms with Crippen molar-refractivity contribution in [2.75, 3.05) is 44.3 Å². The van der Waals surface area contributed by atoms with Crippen LogP contribution in [-0.2, 0) is 10.0 Å². The van der Waals surface area contributed by atoms with Crippen LogP contribution in [0.2, 0.25) is 0 Å². The van der Waals surface area contributed by atoms with Gasteiger partial charge < -0.3 is 10.2 Å². The van der Waals surface area contributed by atoms with Crippen LogP contribution in [0, 0.1) is 12.8 Å². The molecular weight excluding hydrogens is 300 g/mol. The van der Waals surface area contributed by atoms with Gasteiger partial charge in [0.2, 0.25) is 10.0 Å². The van der Waals surface area contributed by atoms with Crippen LogP contribution >= 0.6 is 0 Å². The highest BCUT2D eigenvalue weighted by Crippen LogP contribution is 2.17. The minimum Gasteiger partial charge on any atom is -0.370 e. The molecule has 1 saturated heterocycles. The second-order valence-corrected chi connectivity index (χ2v) is 7.91. The molecule has 1 aromatic rings. The molecule has 1 aliphatic heterocycles. The first-order valence-corrected chi connectivity index (χ1v) is 9.65. The highest BCUT2D eigenvalue weighted by Gasteiger charge is 2.21. The van der Waals surface area contributed by atoms with Crippen molar-refractivity contribution in [2.45, 2.75) is 19.8 Å². The van der Waals surface area contributed by atoms with Crippen molar-refractivity contribution in [1.82, 2.24) is 14.6 Å². The lowest BCUT2D eigenvalue weighted by Crippen LogP contribution is -2.29. The molecule has 0 radical (unpaired) electrons. The number of aromatic nitrogens is 1. The van der Waals surface area contributed by atoms with E-state index < -0.39 is 10.0 Å². The number of anilines is 1. The van der Waals surface area contributed by atoms with Crippen LogP contribution in [0.15, 0.2) is 18.3 Å². The lowest BCUT2D eigenvalue weighted by atomic mass is 10.1. The average molecular weight is 326 g/mol. The number of sulfonamides is 1. The Morgan fingerprint density at radius 2 is 2.23 bits per heavy atom. The summed E-state index contributed by atoms with van der Waals surface area (Å²) in [5, 5.41) is 3.39. The molecule has 1 atom stereocenters. The molecule has 1 aliphatic rings. The van der Waals surface area contributed by atoms with E-state index in [1.54, 1.807) is 0 Å². The Kier molecular flexibility index (Phi) is 6.16. The molecule has 0 aliphatic carbocycles. The summed E-state index contributed by atoms with van der Waals surface area (Å²) in [4.78, 5) is 6.75. The van der Waals surface area contributed by atoms with Crippen LogP contribution in [0.1, 0.15) is 18.4 Å². The van der Waals surface area contributed by atoms with Crippen LogP contribution in [-0.4, -0.2) is 57.3 Å². The zero-order chi connectivity index (χ0) is 16.0. The zero-order valence-corrected chi connectivity index (χ0v) is 14.2. The smallest absolute Gasteiger partial charge is 0.208 e. The minimum atomic E-state index is -3.06. The average Bonchev–Trinajstić information content (AvgIpc) is 2.90. The highest BCUT2D eigenvalue weighted by molar-refractivity contribution is 7.88. The molecule has 0 unspecified atom stereocenters. The molecule has 2 rings (SSSR count). The summed E-state index contributed by atoms with van der Waals surface area (Å²) in [6, 6.07) is 4.07. The monoisotopic (exact) mass is 326 g/mol. The quantitative estimate of drug-likeness (QED) is 0.699. The van der Waals surface area contributed by atoms with E-state index in [-0.39, 0.29) is 0 Å². The summed E-state index contributed by atoms with van der Waals surface area (Å²) < 4.78 is 24.5. The Hall–Kier alpha value is -1.18. The van der Waals surface area contributed by atoms with Gasteiger partial charge in [-0.3, -0.25) is 0 Å². The predicted molar refractivity (Wildman–Crippen MR) is 89.5 cm³/mol. The van der Waals surface area contributed by atoms with Crippen LogP contribution in [0.25, 0.3) is 0 Å². The lowest BCUT2D eigenvalue weighted by molar-refractivity contribution is 0.322. The zero-order valence-electron chi connectivity index (χ0n) is 13.4. The fourth-order valence-corrected chi connectivity index (χ4v) is 3.18. The molecule has 1 aromatic heterocycles. The lowest BCUT2D eigenvalue weighted by Gasteiger charge is -2.16. The van der Waals surface area contributed by atoms with Gasteiger partial charge >= 0.3 is 0 Å². The number of likely N-dealkylation sites (tertiary alicyclic amines) is 1. The van der Waals surface area contributed by atoms with E-state index in [9.17, 15) is 8.42 Å². The van der Waals surface area contributed by atoms with Gasteiger partial charge in [-0.1, -0.05) is 6.07 Å². The number of pyridine rings is 1. The molecule has 0 bridgehead atoms. The Morgan fingerprint density at radius 3 is 2.91 bits per heavy atom. The van der Waals surface area contributed by atoms with E-state index in [4.69, 9.17) is 0 Å². The normalized spacial score (nSPS) is 19.5. The molecule has 2 N–H and O–H groups in total. The van der Waals surface area contributed by atoms with Crippen molar-refractivity contribution < 1.29 is 8.42 Å². The molecule has 7 heteroatoms. The van der Waals surface area contributed by atoms with E-state index in [0.29, 0.717) is 12.5 Å². The Morgan fingerprint density at radius 1 is 1.41 bits per heavy atom. The van der Waals surface area contributed by atoms with Gasteiger partial charge in [-0.25, -0.2) is 18.1 Å². The first-order valence-electron chi connectivity index (χ1n) is 7.76. The molecule has 2 heterocycles. The Balaban J connectivity index is 1.62. The molecular formula is C15H26N4O2S. The topological polar surface area (TPSA) is 74.3 Å². The van der Waals surface area contributed by atoms with Gasteiger partial charge in [-0.15, -0.1) is 0 Å². The number of nitrogens with zero attached hydrogens (tertiary/aromatic N) is 2. The maximum Gasteiger partial charge on any atom is 0.208 e. The third-order valence-electron chi connectivity index (χ3n) is 3.87. The minimum absolute atomic E-state index is 0.519. The summed E-state index contributed by atoms with van der Waals surface area (Å²) in [6.07, 6.45) is 5.10. The molecule has 6 nitrogen and oxygen atoms in total. The van der Waals surface area contributed by atoms with Crippen molar-refractivity contribution in [3.8, 4) is 0 Å². The standard InChI is InChI=1S/C15H26N4O2S/c1-13-4-5-15(16-10-13)17-11-14-6-9-19(12-14)8-3-7-18-22(2,20)21/h4-5,10,14,18H,3,6-9,11-12H2,1-2H3,(H,16,17)/t14-/m1/s1. The summed E-state index contributed by atoms with van der Waals surface area (Å²) >= 11 is 0. The summed E-state index contributed by atoms with van der Waals surface area (Å²) in [6.45, 7) is 6.59. The Labute approximate surface area is 133 Å². The van der Waals surface area contributed by atoms with Crippen LogP contribution in [0.3, 0.4) is 0 Å². The van der Waals surface area contributed by atoms with Crippen LogP contribution in [0.5, 0.6) is 0 Å². The van der Waals surface area contributed by atoms with Gasteiger partial charge in [-0.05, 0) is 50.4 Å². The van der Waals surface area contributed by atoms with Gasteiger partial charge in [0.15, 0.2) is 0 Å². The van der Waals surface area contributed by atoms with Crippen LogP contribution in [0.4, 0.5) is 5.82 Å². The van der Waals surface area contributed by atoms with Crippen molar-refractivity contribution in [2.24, 2.45) is 5.92 Å². The third-order valence-corrected chi connectivity index (χ3v) is 4.60. The summed E-state index contributed by atoms with van der Waals surface area (Å²) in [5.74, 6) is 1.56. The largest absolute Gasteiger partial charge is 0.370 e. The second-order valence-electron chi connectivity index (χ2n) is 6.08. The predicted octanol–water partition coefficient (Wildman–Crippen LogP) is 1.06. The Bertz CT molecular complexity index is 559. The molecule has 124 valence electrons.